The molecule has 0 rings (SSSR count). The number of terminal acetylenes is 1. The summed E-state index contributed by atoms with van der Waals surface area (Å²) < 4.78 is 18.7. The summed E-state index contributed by atoms with van der Waals surface area (Å²) in [4.78, 5) is 21.7. The summed E-state index contributed by atoms with van der Waals surface area (Å²) in [6.07, 6.45) is 7.75. The highest BCUT2D eigenvalue weighted by atomic mass is 127. The quantitative estimate of drug-likeness (QED) is 0.130. The fourth-order valence-corrected chi connectivity index (χ4v) is 1.84. The van der Waals surface area contributed by atoms with Crippen molar-refractivity contribution >= 4 is 50.7 Å². The smallest absolute Gasteiger partial charge is 0.349 e. The third-order valence-corrected chi connectivity index (χ3v) is 4.68. The summed E-state index contributed by atoms with van der Waals surface area (Å²) in [7, 11) is 3.01. The SMILES string of the molecule is C#C[Si](C)(C)C.CO/C=C(\C#C[Si](C)(C)C)C(=O)OC.CO/C=C(\I)C(=O)OC. The van der Waals surface area contributed by atoms with Crippen LogP contribution in [-0.4, -0.2) is 56.5 Å². The zero-order valence-corrected chi connectivity index (χ0v) is 23.2. The van der Waals surface area contributed by atoms with Gasteiger partial charge in [-0.2, -0.15) is 0 Å². The van der Waals surface area contributed by atoms with Gasteiger partial charge in [-0.25, -0.2) is 9.59 Å². The lowest BCUT2D eigenvalue weighted by Gasteiger charge is -2.04. The minimum absolute atomic E-state index is 0.262. The Kier molecular flexibility index (Phi) is 19.0. The normalized spacial score (nSPS) is 11.0. The van der Waals surface area contributed by atoms with Crippen molar-refractivity contribution in [2.45, 2.75) is 39.3 Å². The molecule has 0 aliphatic heterocycles. The molecule has 0 aromatic rings. The van der Waals surface area contributed by atoms with Crippen LogP contribution in [0.5, 0.6) is 0 Å². The van der Waals surface area contributed by atoms with Crippen LogP contribution >= 0.6 is 22.6 Å². The lowest BCUT2D eigenvalue weighted by Crippen LogP contribution is -2.17. The summed E-state index contributed by atoms with van der Waals surface area (Å²) in [5.74, 6) is 1.95. The zero-order chi connectivity index (χ0) is 23.7. The minimum Gasteiger partial charge on any atom is -0.503 e. The van der Waals surface area contributed by atoms with Gasteiger partial charge in [-0.1, -0.05) is 45.2 Å². The monoisotopic (exact) mass is 552 g/mol. The van der Waals surface area contributed by atoms with E-state index in [1.54, 1.807) is 0 Å². The first-order valence-electron chi connectivity index (χ1n) is 8.48. The van der Waals surface area contributed by atoms with Crippen LogP contribution < -0.4 is 0 Å². The van der Waals surface area contributed by atoms with Crippen LogP contribution in [0.25, 0.3) is 0 Å². The molecule has 29 heavy (non-hydrogen) atoms. The first kappa shape index (κ1) is 32.0. The molecule has 9 heteroatoms. The van der Waals surface area contributed by atoms with Gasteiger partial charge in [0.2, 0.25) is 0 Å². The Hall–Kier alpha value is -1.70. The van der Waals surface area contributed by atoms with E-state index in [2.05, 4.69) is 70.5 Å². The van der Waals surface area contributed by atoms with Crippen molar-refractivity contribution in [2.75, 3.05) is 28.4 Å². The summed E-state index contributed by atoms with van der Waals surface area (Å²) in [5.41, 5.74) is 6.07. The number of hydrogen-bond donors (Lipinski definition) is 0. The maximum atomic E-state index is 11.2. The fourth-order valence-electron chi connectivity index (χ4n) is 0.860. The molecular formula is C20H33IO6Si2. The molecule has 0 spiro atoms. The van der Waals surface area contributed by atoms with Gasteiger partial charge in [0.1, 0.15) is 37.8 Å². The van der Waals surface area contributed by atoms with Crippen molar-refractivity contribution in [3.8, 4) is 23.4 Å². The number of rotatable bonds is 4. The van der Waals surface area contributed by atoms with Crippen LogP contribution in [-0.2, 0) is 28.5 Å². The van der Waals surface area contributed by atoms with Gasteiger partial charge in [-0.05, 0) is 22.6 Å². The molecule has 0 aliphatic rings. The molecule has 0 bridgehead atoms. The van der Waals surface area contributed by atoms with E-state index in [0.717, 1.165) is 0 Å². The second kappa shape index (κ2) is 17.2. The van der Waals surface area contributed by atoms with Gasteiger partial charge < -0.3 is 18.9 Å². The molecule has 164 valence electrons. The standard InChI is InChI=1S/C10H16O3Si.C5H7IO3.C5H10Si/c1-12-8-9(10(11)13-2)6-7-14(3,4)5;1-8-3-4(6)5(7)9-2;1-5-6(2,3)4/h8H,1-5H3;3H,1-2H3;1H,2-4H3/b9-8+;4-3-;. The van der Waals surface area contributed by atoms with E-state index < -0.39 is 22.1 Å². The molecule has 0 N–H and O–H groups in total. The zero-order valence-electron chi connectivity index (χ0n) is 19.1. The second-order valence-corrected chi connectivity index (χ2v) is 18.0. The van der Waals surface area contributed by atoms with E-state index in [9.17, 15) is 9.59 Å². The molecule has 0 aromatic heterocycles. The maximum absolute atomic E-state index is 11.2. The predicted molar refractivity (Wildman–Crippen MR) is 132 cm³/mol. The molecule has 0 atom stereocenters. The molecule has 0 saturated carbocycles. The number of esters is 2. The molecule has 6 nitrogen and oxygen atoms in total. The highest BCUT2D eigenvalue weighted by molar-refractivity contribution is 14.1. The number of halogens is 1. The van der Waals surface area contributed by atoms with Gasteiger partial charge in [0.05, 0.1) is 28.4 Å². The van der Waals surface area contributed by atoms with Crippen molar-refractivity contribution in [1.29, 1.82) is 0 Å². The number of hydrogen-bond acceptors (Lipinski definition) is 6. The Balaban J connectivity index is -0.000000386. The second-order valence-electron chi connectivity index (χ2n) is 7.35. The van der Waals surface area contributed by atoms with Crippen LogP contribution in [0.3, 0.4) is 0 Å². The lowest BCUT2D eigenvalue weighted by atomic mass is 10.3. The summed E-state index contributed by atoms with van der Waals surface area (Å²) in [6.45, 7) is 12.7. The summed E-state index contributed by atoms with van der Waals surface area (Å²) in [5, 5.41) is 0. The van der Waals surface area contributed by atoms with Gasteiger partial charge >= 0.3 is 11.9 Å². The Bertz CT molecular complexity index is 668. The highest BCUT2D eigenvalue weighted by Gasteiger charge is 2.11. The van der Waals surface area contributed by atoms with E-state index in [-0.39, 0.29) is 11.5 Å². The number of carbonyl (C=O) groups excluding carboxylic acids is 2. The Morgan fingerprint density at radius 3 is 1.52 bits per heavy atom. The van der Waals surface area contributed by atoms with Crippen LogP contribution in [0, 0.1) is 23.4 Å². The number of ether oxygens (including phenoxy) is 4. The van der Waals surface area contributed by atoms with Crippen molar-refractivity contribution in [3.05, 3.63) is 21.7 Å². The Labute approximate surface area is 191 Å². The first-order valence-corrected chi connectivity index (χ1v) is 16.6. The van der Waals surface area contributed by atoms with Gasteiger partial charge in [0.15, 0.2) is 0 Å². The first-order chi connectivity index (χ1) is 13.2. The molecule has 0 aromatic carbocycles. The van der Waals surface area contributed by atoms with Crippen LogP contribution in [0.15, 0.2) is 21.7 Å². The molecular weight excluding hydrogens is 519 g/mol. The number of methoxy groups -OCH3 is 4. The van der Waals surface area contributed by atoms with Crippen molar-refractivity contribution < 1.29 is 28.5 Å². The van der Waals surface area contributed by atoms with E-state index in [0.29, 0.717) is 3.58 Å². The topological polar surface area (TPSA) is 71.1 Å². The van der Waals surface area contributed by atoms with Crippen molar-refractivity contribution in [2.24, 2.45) is 0 Å². The summed E-state index contributed by atoms with van der Waals surface area (Å²) >= 11 is 1.83. The van der Waals surface area contributed by atoms with Crippen LogP contribution in [0.1, 0.15) is 0 Å². The fraction of sp³-hybridized carbons (Fsp3) is 0.500. The lowest BCUT2D eigenvalue weighted by molar-refractivity contribution is -0.136. The largest absolute Gasteiger partial charge is 0.503 e. The van der Waals surface area contributed by atoms with Gasteiger partial charge in [0, 0.05) is 0 Å². The van der Waals surface area contributed by atoms with E-state index in [1.807, 2.05) is 22.6 Å². The van der Waals surface area contributed by atoms with Crippen LogP contribution in [0.4, 0.5) is 0 Å². The molecule has 0 heterocycles. The molecule has 0 unspecified atom stereocenters. The van der Waals surface area contributed by atoms with Gasteiger partial charge in [-0.15, -0.1) is 17.5 Å². The third-order valence-electron chi connectivity index (χ3n) is 2.25. The van der Waals surface area contributed by atoms with Gasteiger partial charge in [-0.3, -0.25) is 0 Å². The Morgan fingerprint density at radius 1 is 0.828 bits per heavy atom. The van der Waals surface area contributed by atoms with E-state index >= 15 is 0 Å². The van der Waals surface area contributed by atoms with E-state index in [1.165, 1.54) is 41.0 Å². The molecule has 0 fully saturated rings. The maximum Gasteiger partial charge on any atom is 0.349 e. The minimum atomic E-state index is -1.47. The summed E-state index contributed by atoms with van der Waals surface area (Å²) in [6, 6.07) is 0. The van der Waals surface area contributed by atoms with Gasteiger partial charge in [0.25, 0.3) is 0 Å². The predicted octanol–water partition coefficient (Wildman–Crippen LogP) is 4.15. The number of carbonyl (C=O) groups is 2. The van der Waals surface area contributed by atoms with E-state index in [4.69, 9.17) is 11.2 Å². The molecule has 0 amide bonds. The molecule has 0 saturated heterocycles. The average molecular weight is 553 g/mol. The third kappa shape index (κ3) is 24.3. The molecule has 0 radical (unpaired) electrons. The highest BCUT2D eigenvalue weighted by Crippen LogP contribution is 2.06. The Morgan fingerprint density at radius 2 is 1.24 bits per heavy atom. The van der Waals surface area contributed by atoms with Crippen molar-refractivity contribution in [1.82, 2.24) is 0 Å². The average Bonchev–Trinajstić information content (AvgIpc) is 2.63. The van der Waals surface area contributed by atoms with Crippen molar-refractivity contribution in [3.63, 3.8) is 0 Å². The van der Waals surface area contributed by atoms with Crippen LogP contribution in [0.2, 0.25) is 39.3 Å². The molecule has 0 aliphatic carbocycles.